The number of hydrogen-bond donors (Lipinski definition) is 0. The SMILES string of the molecule is C=Cc1cc([N+](=O)[O-])c(F)cc1Cl. The lowest BCUT2D eigenvalue weighted by Gasteiger charge is -1.98. The summed E-state index contributed by atoms with van der Waals surface area (Å²) in [4.78, 5) is 9.48. The fourth-order valence-corrected chi connectivity index (χ4v) is 1.08. The number of nitrogens with zero attached hydrogens (tertiary/aromatic N) is 1. The molecule has 5 heteroatoms. The molecule has 0 spiro atoms. The van der Waals surface area contributed by atoms with Crippen molar-refractivity contribution in [1.29, 1.82) is 0 Å². The van der Waals surface area contributed by atoms with E-state index in [4.69, 9.17) is 11.6 Å². The summed E-state index contributed by atoms with van der Waals surface area (Å²) >= 11 is 5.57. The summed E-state index contributed by atoms with van der Waals surface area (Å²) in [7, 11) is 0. The predicted molar refractivity (Wildman–Crippen MR) is 48.2 cm³/mol. The minimum absolute atomic E-state index is 0.109. The topological polar surface area (TPSA) is 43.1 Å². The summed E-state index contributed by atoms with van der Waals surface area (Å²) in [5.74, 6) is -0.944. The van der Waals surface area contributed by atoms with Gasteiger partial charge in [0.2, 0.25) is 5.82 Å². The van der Waals surface area contributed by atoms with Crippen LogP contribution in [-0.4, -0.2) is 4.92 Å². The fourth-order valence-electron chi connectivity index (χ4n) is 0.850. The Balaban J connectivity index is 3.38. The smallest absolute Gasteiger partial charge is 0.258 e. The van der Waals surface area contributed by atoms with Gasteiger partial charge in [-0.25, -0.2) is 0 Å². The van der Waals surface area contributed by atoms with Crippen molar-refractivity contribution in [1.82, 2.24) is 0 Å². The molecule has 0 amide bonds. The first-order valence-corrected chi connectivity index (χ1v) is 3.70. The summed E-state index contributed by atoms with van der Waals surface area (Å²) in [6.45, 7) is 3.39. The van der Waals surface area contributed by atoms with Gasteiger partial charge in [-0.1, -0.05) is 24.3 Å². The van der Waals surface area contributed by atoms with Crippen LogP contribution in [0.2, 0.25) is 5.02 Å². The van der Waals surface area contributed by atoms with Gasteiger partial charge in [-0.15, -0.1) is 0 Å². The molecule has 3 nitrogen and oxygen atoms in total. The minimum atomic E-state index is -0.944. The van der Waals surface area contributed by atoms with Crippen molar-refractivity contribution in [3.8, 4) is 0 Å². The number of halogens is 2. The van der Waals surface area contributed by atoms with Crippen molar-refractivity contribution in [3.63, 3.8) is 0 Å². The van der Waals surface area contributed by atoms with E-state index in [1.807, 2.05) is 0 Å². The van der Waals surface area contributed by atoms with Crippen molar-refractivity contribution in [2.75, 3.05) is 0 Å². The Labute approximate surface area is 78.6 Å². The summed E-state index contributed by atoms with van der Waals surface area (Å²) in [6.07, 6.45) is 1.33. The van der Waals surface area contributed by atoms with Crippen LogP contribution in [0, 0.1) is 15.9 Å². The monoisotopic (exact) mass is 201 g/mol. The number of benzene rings is 1. The molecule has 1 rings (SSSR count). The third-order valence-electron chi connectivity index (χ3n) is 1.48. The molecule has 13 heavy (non-hydrogen) atoms. The fraction of sp³-hybridized carbons (Fsp3) is 0. The maximum atomic E-state index is 12.9. The Morgan fingerprint density at radius 2 is 2.23 bits per heavy atom. The third-order valence-corrected chi connectivity index (χ3v) is 1.81. The van der Waals surface area contributed by atoms with E-state index in [1.54, 1.807) is 0 Å². The van der Waals surface area contributed by atoms with Gasteiger partial charge in [-0.2, -0.15) is 4.39 Å². The second kappa shape index (κ2) is 3.53. The molecular weight excluding hydrogens is 197 g/mol. The summed E-state index contributed by atoms with van der Waals surface area (Å²) in [5.41, 5.74) is -0.255. The molecular formula is C8H5ClFNO2. The Morgan fingerprint density at radius 3 is 2.69 bits per heavy atom. The van der Waals surface area contributed by atoms with E-state index in [9.17, 15) is 14.5 Å². The minimum Gasteiger partial charge on any atom is -0.258 e. The highest BCUT2D eigenvalue weighted by Crippen LogP contribution is 2.26. The van der Waals surface area contributed by atoms with Gasteiger partial charge in [0, 0.05) is 12.1 Å². The van der Waals surface area contributed by atoms with Crippen molar-refractivity contribution in [2.24, 2.45) is 0 Å². The van der Waals surface area contributed by atoms with Gasteiger partial charge in [0.05, 0.1) is 9.95 Å². The highest BCUT2D eigenvalue weighted by Gasteiger charge is 2.15. The zero-order valence-electron chi connectivity index (χ0n) is 6.46. The Bertz CT molecular complexity index is 379. The summed E-state index contributed by atoms with van der Waals surface area (Å²) < 4.78 is 12.9. The van der Waals surface area contributed by atoms with Gasteiger partial charge in [0.1, 0.15) is 0 Å². The molecule has 1 aromatic rings. The predicted octanol–water partition coefficient (Wildman–Crippen LogP) is 3.03. The van der Waals surface area contributed by atoms with Gasteiger partial charge in [0.25, 0.3) is 0 Å². The van der Waals surface area contributed by atoms with Crippen molar-refractivity contribution < 1.29 is 9.31 Å². The first-order chi connectivity index (χ1) is 6.06. The van der Waals surface area contributed by atoms with Gasteiger partial charge in [-0.3, -0.25) is 10.1 Å². The zero-order valence-corrected chi connectivity index (χ0v) is 7.21. The van der Waals surface area contributed by atoms with Crippen molar-refractivity contribution in [2.45, 2.75) is 0 Å². The van der Waals surface area contributed by atoms with Crippen LogP contribution in [-0.2, 0) is 0 Å². The highest BCUT2D eigenvalue weighted by atomic mass is 35.5. The highest BCUT2D eigenvalue weighted by molar-refractivity contribution is 6.32. The third kappa shape index (κ3) is 1.84. The lowest BCUT2D eigenvalue weighted by Crippen LogP contribution is -1.93. The maximum Gasteiger partial charge on any atom is 0.305 e. The first kappa shape index (κ1) is 9.67. The standard InChI is InChI=1S/C8H5ClFNO2/c1-2-5-3-8(11(12)13)7(10)4-6(5)9/h2-4H,1H2. The number of nitro groups is 1. The van der Waals surface area contributed by atoms with Crippen LogP contribution in [0.3, 0.4) is 0 Å². The van der Waals surface area contributed by atoms with Crippen LogP contribution in [0.4, 0.5) is 10.1 Å². The van der Waals surface area contributed by atoms with E-state index in [1.165, 1.54) is 6.08 Å². The molecule has 0 radical (unpaired) electrons. The van der Waals surface area contributed by atoms with E-state index in [0.717, 1.165) is 12.1 Å². The molecule has 0 aliphatic carbocycles. The van der Waals surface area contributed by atoms with Gasteiger partial charge in [-0.05, 0) is 5.56 Å². The lowest BCUT2D eigenvalue weighted by molar-refractivity contribution is -0.387. The van der Waals surface area contributed by atoms with Crippen LogP contribution >= 0.6 is 11.6 Å². The van der Waals surface area contributed by atoms with Gasteiger partial charge in [0.15, 0.2) is 0 Å². The van der Waals surface area contributed by atoms with Gasteiger partial charge < -0.3 is 0 Å². The Kier molecular flexibility index (Phi) is 2.63. The van der Waals surface area contributed by atoms with Crippen molar-refractivity contribution >= 4 is 23.4 Å². The molecule has 0 fully saturated rings. The maximum absolute atomic E-state index is 12.9. The quantitative estimate of drug-likeness (QED) is 0.545. The van der Waals surface area contributed by atoms with Crippen LogP contribution in [0.5, 0.6) is 0 Å². The van der Waals surface area contributed by atoms with E-state index in [-0.39, 0.29) is 5.02 Å². The Hall–Kier alpha value is -1.42. The molecule has 0 unspecified atom stereocenters. The van der Waals surface area contributed by atoms with Crippen LogP contribution in [0.15, 0.2) is 18.7 Å². The lowest BCUT2D eigenvalue weighted by atomic mass is 10.2. The molecule has 1 aromatic carbocycles. The molecule has 68 valence electrons. The normalized spacial score (nSPS) is 9.69. The second-order valence-corrected chi connectivity index (χ2v) is 2.69. The largest absolute Gasteiger partial charge is 0.305 e. The molecule has 0 aliphatic rings. The van der Waals surface area contributed by atoms with E-state index < -0.39 is 16.4 Å². The van der Waals surface area contributed by atoms with E-state index in [0.29, 0.717) is 5.56 Å². The van der Waals surface area contributed by atoms with Crippen LogP contribution in [0.25, 0.3) is 6.08 Å². The first-order valence-electron chi connectivity index (χ1n) is 3.32. The number of nitro benzene ring substituents is 1. The second-order valence-electron chi connectivity index (χ2n) is 2.29. The van der Waals surface area contributed by atoms with Crippen molar-refractivity contribution in [3.05, 3.63) is 45.2 Å². The number of rotatable bonds is 2. The molecule has 0 N–H and O–H groups in total. The Morgan fingerprint density at radius 1 is 1.62 bits per heavy atom. The molecule has 0 heterocycles. The van der Waals surface area contributed by atoms with E-state index in [2.05, 4.69) is 6.58 Å². The summed E-state index contributed by atoms with van der Waals surface area (Å²) in [5, 5.41) is 10.4. The molecule has 0 saturated carbocycles. The average Bonchev–Trinajstić information content (AvgIpc) is 2.03. The molecule has 0 atom stereocenters. The zero-order chi connectivity index (χ0) is 10.0. The molecule has 0 aliphatic heterocycles. The molecule has 0 aromatic heterocycles. The summed E-state index contributed by atoms with van der Waals surface area (Å²) in [6, 6.07) is 1.95. The molecule has 0 saturated heterocycles. The van der Waals surface area contributed by atoms with Gasteiger partial charge >= 0.3 is 5.69 Å². The van der Waals surface area contributed by atoms with Crippen LogP contribution < -0.4 is 0 Å². The molecule has 0 bridgehead atoms. The number of hydrogen-bond acceptors (Lipinski definition) is 2. The van der Waals surface area contributed by atoms with E-state index >= 15 is 0 Å². The van der Waals surface area contributed by atoms with Crippen LogP contribution in [0.1, 0.15) is 5.56 Å². The average molecular weight is 202 g/mol.